The van der Waals surface area contributed by atoms with Crippen LogP contribution in [0.1, 0.15) is 12.8 Å². The van der Waals surface area contributed by atoms with Crippen molar-refractivity contribution in [3.8, 4) is 0 Å². The molecule has 1 aromatic carbocycles. The third-order valence-electron chi connectivity index (χ3n) is 3.33. The first-order valence-electron chi connectivity index (χ1n) is 6.17. The molecule has 4 nitrogen and oxygen atoms in total. The van der Waals surface area contributed by atoms with E-state index in [4.69, 9.17) is 0 Å². The van der Waals surface area contributed by atoms with Crippen LogP contribution >= 0.6 is 0 Å². The van der Waals surface area contributed by atoms with Gasteiger partial charge in [0.05, 0.1) is 0 Å². The molecule has 0 aliphatic carbocycles. The molecular weight excluding hydrogens is 293 g/mol. The Morgan fingerprint density at radius 2 is 2.00 bits per heavy atom. The molecule has 1 fully saturated rings. The maximum absolute atomic E-state index is 13.6. The maximum atomic E-state index is 13.6. The van der Waals surface area contributed by atoms with Crippen LogP contribution in [0, 0.1) is 17.5 Å². The lowest BCUT2D eigenvalue weighted by Crippen LogP contribution is -2.39. The van der Waals surface area contributed by atoms with Gasteiger partial charge in [0.2, 0.25) is 10.0 Å². The molecule has 1 aromatic rings. The summed E-state index contributed by atoms with van der Waals surface area (Å²) >= 11 is 0. The predicted molar refractivity (Wildman–Crippen MR) is 67.2 cm³/mol. The van der Waals surface area contributed by atoms with Crippen molar-refractivity contribution in [3.05, 3.63) is 29.6 Å². The fourth-order valence-electron chi connectivity index (χ4n) is 2.20. The van der Waals surface area contributed by atoms with Gasteiger partial charge < -0.3 is 5.32 Å². The largest absolute Gasteiger partial charge is 0.313 e. The number of rotatable bonds is 4. The second kappa shape index (κ2) is 5.71. The standard InChI is InChI=1S/C12H15F3N2O2S/c1-17(7-8-3-2-6-16-8)20(18,19)10-5-4-9(13)11(14)12(10)15/h4-5,8,16H,2-3,6-7H2,1H3. The molecular formula is C12H15F3N2O2S. The first kappa shape index (κ1) is 15.3. The number of hydrogen-bond donors (Lipinski definition) is 1. The Kier molecular flexibility index (Phi) is 4.36. The molecule has 1 N–H and O–H groups in total. The summed E-state index contributed by atoms with van der Waals surface area (Å²) in [6, 6.07) is 1.33. The summed E-state index contributed by atoms with van der Waals surface area (Å²) in [7, 11) is -2.90. The summed E-state index contributed by atoms with van der Waals surface area (Å²) in [5.41, 5.74) is 0. The quantitative estimate of drug-likeness (QED) is 0.857. The summed E-state index contributed by atoms with van der Waals surface area (Å²) in [4.78, 5) is -0.850. The zero-order valence-corrected chi connectivity index (χ0v) is 11.7. The highest BCUT2D eigenvalue weighted by Gasteiger charge is 2.29. The van der Waals surface area contributed by atoms with Gasteiger partial charge in [-0.1, -0.05) is 0 Å². The Bertz CT molecular complexity index is 601. The van der Waals surface area contributed by atoms with E-state index in [-0.39, 0.29) is 12.6 Å². The van der Waals surface area contributed by atoms with Crippen LogP contribution in [0.2, 0.25) is 0 Å². The van der Waals surface area contributed by atoms with Gasteiger partial charge in [0.15, 0.2) is 17.5 Å². The number of hydrogen-bond acceptors (Lipinski definition) is 3. The highest BCUT2D eigenvalue weighted by Crippen LogP contribution is 2.23. The summed E-state index contributed by atoms with van der Waals surface area (Å²) in [6.07, 6.45) is 1.76. The van der Waals surface area contributed by atoms with Crippen molar-refractivity contribution in [2.24, 2.45) is 0 Å². The van der Waals surface area contributed by atoms with Gasteiger partial charge in [-0.15, -0.1) is 0 Å². The van der Waals surface area contributed by atoms with E-state index in [1.165, 1.54) is 7.05 Å². The van der Waals surface area contributed by atoms with Crippen molar-refractivity contribution in [2.45, 2.75) is 23.8 Å². The minimum atomic E-state index is -4.18. The van der Waals surface area contributed by atoms with Crippen LogP contribution in [0.5, 0.6) is 0 Å². The van der Waals surface area contributed by atoms with Crippen molar-refractivity contribution >= 4 is 10.0 Å². The van der Waals surface area contributed by atoms with Crippen LogP contribution in [-0.4, -0.2) is 38.9 Å². The van der Waals surface area contributed by atoms with E-state index in [1.807, 2.05) is 0 Å². The zero-order chi connectivity index (χ0) is 14.9. The fraction of sp³-hybridized carbons (Fsp3) is 0.500. The van der Waals surface area contributed by atoms with Gasteiger partial charge in [-0.3, -0.25) is 0 Å². The molecule has 20 heavy (non-hydrogen) atoms. The third-order valence-corrected chi connectivity index (χ3v) is 5.17. The number of nitrogens with zero attached hydrogens (tertiary/aromatic N) is 1. The Balaban J connectivity index is 2.27. The number of sulfonamides is 1. The molecule has 8 heteroatoms. The van der Waals surface area contributed by atoms with E-state index in [0.29, 0.717) is 6.07 Å². The van der Waals surface area contributed by atoms with Crippen LogP contribution in [-0.2, 0) is 10.0 Å². The molecule has 0 radical (unpaired) electrons. The van der Waals surface area contributed by atoms with Crippen LogP contribution in [0.15, 0.2) is 17.0 Å². The van der Waals surface area contributed by atoms with Gasteiger partial charge in [-0.25, -0.2) is 21.6 Å². The highest BCUT2D eigenvalue weighted by molar-refractivity contribution is 7.89. The Morgan fingerprint density at radius 1 is 1.30 bits per heavy atom. The lowest BCUT2D eigenvalue weighted by atomic mass is 10.2. The van der Waals surface area contributed by atoms with Crippen LogP contribution in [0.4, 0.5) is 13.2 Å². The minimum Gasteiger partial charge on any atom is -0.313 e. The molecule has 0 amide bonds. The molecule has 0 saturated carbocycles. The topological polar surface area (TPSA) is 49.4 Å². The Hall–Kier alpha value is -1.12. The van der Waals surface area contributed by atoms with E-state index >= 15 is 0 Å². The van der Waals surface area contributed by atoms with Crippen molar-refractivity contribution in [1.29, 1.82) is 0 Å². The summed E-state index contributed by atoms with van der Waals surface area (Å²) in [6.45, 7) is 0.957. The lowest BCUT2D eigenvalue weighted by molar-refractivity contribution is 0.404. The van der Waals surface area contributed by atoms with E-state index in [2.05, 4.69) is 5.32 Å². The number of benzene rings is 1. The summed E-state index contributed by atoms with van der Waals surface area (Å²) in [5, 5.41) is 3.11. The average Bonchev–Trinajstić information content (AvgIpc) is 2.88. The predicted octanol–water partition coefficient (Wildman–Crippen LogP) is 1.48. The smallest absolute Gasteiger partial charge is 0.245 e. The first-order valence-corrected chi connectivity index (χ1v) is 7.61. The average molecular weight is 308 g/mol. The van der Waals surface area contributed by atoms with Gasteiger partial charge in [0.1, 0.15) is 4.90 Å². The zero-order valence-electron chi connectivity index (χ0n) is 10.9. The van der Waals surface area contributed by atoms with Crippen molar-refractivity contribution in [1.82, 2.24) is 9.62 Å². The third kappa shape index (κ3) is 2.82. The fourth-order valence-corrected chi connectivity index (χ4v) is 3.46. The SMILES string of the molecule is CN(CC1CCCN1)S(=O)(=O)c1ccc(F)c(F)c1F. The van der Waals surface area contributed by atoms with Crippen LogP contribution in [0.3, 0.4) is 0 Å². The molecule has 1 aliphatic heterocycles. The molecule has 1 unspecified atom stereocenters. The van der Waals surface area contributed by atoms with E-state index in [9.17, 15) is 21.6 Å². The second-order valence-electron chi connectivity index (χ2n) is 4.75. The van der Waals surface area contributed by atoms with Crippen molar-refractivity contribution in [2.75, 3.05) is 20.1 Å². The van der Waals surface area contributed by atoms with Crippen molar-refractivity contribution < 1.29 is 21.6 Å². The van der Waals surface area contributed by atoms with Crippen LogP contribution < -0.4 is 5.32 Å². The number of likely N-dealkylation sites (N-methyl/N-ethyl adjacent to an activating group) is 1. The van der Waals surface area contributed by atoms with Crippen molar-refractivity contribution in [3.63, 3.8) is 0 Å². The number of halogens is 3. The lowest BCUT2D eigenvalue weighted by Gasteiger charge is -2.21. The Labute approximate surface area is 115 Å². The highest BCUT2D eigenvalue weighted by atomic mass is 32.2. The molecule has 0 aromatic heterocycles. The first-order chi connectivity index (χ1) is 9.34. The summed E-state index contributed by atoms with van der Waals surface area (Å²) < 4.78 is 64.9. The van der Waals surface area contributed by atoms with Crippen LogP contribution in [0.25, 0.3) is 0 Å². The molecule has 1 heterocycles. The minimum absolute atomic E-state index is 0.0110. The van der Waals surface area contributed by atoms with E-state index in [1.54, 1.807) is 0 Å². The Morgan fingerprint density at radius 3 is 2.60 bits per heavy atom. The van der Waals surface area contributed by atoms with E-state index in [0.717, 1.165) is 29.8 Å². The molecule has 1 atom stereocenters. The molecule has 2 rings (SSSR count). The van der Waals surface area contributed by atoms with Gasteiger partial charge in [-0.2, -0.15) is 4.31 Å². The molecule has 1 aliphatic rings. The van der Waals surface area contributed by atoms with Gasteiger partial charge >= 0.3 is 0 Å². The molecule has 112 valence electrons. The number of nitrogens with one attached hydrogen (secondary N) is 1. The maximum Gasteiger partial charge on any atom is 0.245 e. The normalized spacial score (nSPS) is 19.8. The monoisotopic (exact) mass is 308 g/mol. The molecule has 1 saturated heterocycles. The van der Waals surface area contributed by atoms with Gasteiger partial charge in [0.25, 0.3) is 0 Å². The molecule has 0 spiro atoms. The van der Waals surface area contributed by atoms with E-state index < -0.39 is 32.4 Å². The van der Waals surface area contributed by atoms with Gasteiger partial charge in [0, 0.05) is 19.6 Å². The van der Waals surface area contributed by atoms with Gasteiger partial charge in [-0.05, 0) is 31.5 Å². The molecule has 0 bridgehead atoms. The second-order valence-corrected chi connectivity index (χ2v) is 6.77. The summed E-state index contributed by atoms with van der Waals surface area (Å²) in [5.74, 6) is -4.88.